The summed E-state index contributed by atoms with van der Waals surface area (Å²) in [7, 11) is -4.20. The molecule has 0 amide bonds. The van der Waals surface area contributed by atoms with Crippen molar-refractivity contribution >= 4 is 24.6 Å². The summed E-state index contributed by atoms with van der Waals surface area (Å²) in [4.78, 5) is 30.6. The van der Waals surface area contributed by atoms with Crippen molar-refractivity contribution in [3.05, 3.63) is 12.7 Å². The first kappa shape index (κ1) is 16.3. The van der Waals surface area contributed by atoms with Crippen LogP contribution in [-0.2, 0) is 9.30 Å². The van der Waals surface area contributed by atoms with Crippen LogP contribution in [0.3, 0.4) is 0 Å². The largest absolute Gasteiger partial charge is 0.382 e. The van der Waals surface area contributed by atoms with Crippen molar-refractivity contribution in [2.75, 3.05) is 12.1 Å². The molecule has 0 unspecified atom stereocenters. The average Bonchev–Trinajstić information content (AvgIpc) is 2.78. The molecule has 0 aliphatic heterocycles. The molecule has 0 aromatic carbocycles. The molecule has 1 aliphatic carbocycles. The van der Waals surface area contributed by atoms with Crippen LogP contribution in [0.2, 0.25) is 0 Å². The zero-order valence-corrected chi connectivity index (χ0v) is 13.5. The van der Waals surface area contributed by atoms with Crippen LogP contribution >= 0.6 is 7.60 Å². The van der Waals surface area contributed by atoms with E-state index in [1.807, 2.05) is 4.57 Å². The van der Waals surface area contributed by atoms with Crippen molar-refractivity contribution in [3.63, 3.8) is 0 Å². The quantitative estimate of drug-likeness (QED) is 0.561. The van der Waals surface area contributed by atoms with Gasteiger partial charge in [-0.3, -0.25) is 4.57 Å². The monoisotopic (exact) mass is 341 g/mol. The molecule has 2 atom stereocenters. The van der Waals surface area contributed by atoms with Crippen molar-refractivity contribution in [1.29, 1.82) is 0 Å². The lowest BCUT2D eigenvalue weighted by molar-refractivity contribution is 0.0316. The second-order valence-corrected chi connectivity index (χ2v) is 7.37. The van der Waals surface area contributed by atoms with Crippen molar-refractivity contribution < 1.29 is 19.1 Å². The van der Waals surface area contributed by atoms with Crippen LogP contribution in [0.4, 0.5) is 5.82 Å². The van der Waals surface area contributed by atoms with Crippen LogP contribution < -0.4 is 5.73 Å². The van der Waals surface area contributed by atoms with Gasteiger partial charge in [0.2, 0.25) is 0 Å². The normalized spacial score (nSPS) is 23.0. The van der Waals surface area contributed by atoms with Gasteiger partial charge in [-0.15, -0.1) is 0 Å². The smallest absolute Gasteiger partial charge is 0.350 e. The van der Waals surface area contributed by atoms with Crippen LogP contribution in [0.15, 0.2) is 12.7 Å². The van der Waals surface area contributed by atoms with Crippen molar-refractivity contribution in [3.8, 4) is 0 Å². The highest BCUT2D eigenvalue weighted by atomic mass is 31.2. The molecular formula is C13H20N5O4P. The topological polar surface area (TPSA) is 136 Å². The van der Waals surface area contributed by atoms with Gasteiger partial charge in [-0.05, 0) is 12.8 Å². The average molecular weight is 341 g/mol. The van der Waals surface area contributed by atoms with Crippen LogP contribution in [0.25, 0.3) is 11.2 Å². The van der Waals surface area contributed by atoms with E-state index in [9.17, 15) is 4.57 Å². The Morgan fingerprint density at radius 3 is 2.83 bits per heavy atom. The number of fused-ring (bicyclic) bond motifs is 1. The van der Waals surface area contributed by atoms with E-state index in [1.165, 1.54) is 6.33 Å². The number of nitrogen functional groups attached to an aromatic ring is 1. The van der Waals surface area contributed by atoms with Gasteiger partial charge in [-0.2, -0.15) is 0 Å². The number of aromatic nitrogens is 4. The Morgan fingerprint density at radius 1 is 1.26 bits per heavy atom. The maximum absolute atomic E-state index is 11.1. The summed E-state index contributed by atoms with van der Waals surface area (Å²) in [6.07, 6.45) is 6.79. The molecule has 1 saturated carbocycles. The van der Waals surface area contributed by atoms with Crippen LogP contribution in [-0.4, -0.2) is 41.8 Å². The highest BCUT2D eigenvalue weighted by Crippen LogP contribution is 2.38. The second-order valence-electron chi connectivity index (χ2n) is 5.79. The maximum Gasteiger partial charge on any atom is 0.350 e. The minimum absolute atomic E-state index is 0.0802. The number of anilines is 1. The van der Waals surface area contributed by atoms with Gasteiger partial charge in [0.15, 0.2) is 11.5 Å². The number of nitrogens with two attached hydrogens (primary N) is 1. The van der Waals surface area contributed by atoms with E-state index in [2.05, 4.69) is 15.0 Å². The summed E-state index contributed by atoms with van der Waals surface area (Å²) in [5.74, 6) is 0.315. The number of nitrogens with zero attached hydrogens (tertiary/aromatic N) is 4. The number of ether oxygens (including phenoxy) is 1. The first-order valence-corrected chi connectivity index (χ1v) is 9.34. The molecule has 3 rings (SSSR count). The zero-order chi connectivity index (χ0) is 16.4. The Kier molecular flexibility index (Phi) is 4.63. The van der Waals surface area contributed by atoms with Crippen LogP contribution in [0.1, 0.15) is 38.1 Å². The van der Waals surface area contributed by atoms with Gasteiger partial charge in [0.25, 0.3) is 0 Å². The predicted molar refractivity (Wildman–Crippen MR) is 83.6 cm³/mol. The predicted octanol–water partition coefficient (Wildman–Crippen LogP) is 1.43. The molecule has 4 N–H and O–H groups in total. The van der Waals surface area contributed by atoms with Gasteiger partial charge in [0, 0.05) is 0 Å². The minimum atomic E-state index is -4.20. The van der Waals surface area contributed by atoms with Gasteiger partial charge >= 0.3 is 7.60 Å². The molecule has 0 spiro atoms. The van der Waals surface area contributed by atoms with Gasteiger partial charge in [0.05, 0.1) is 18.5 Å². The summed E-state index contributed by atoms with van der Waals surface area (Å²) in [5, 5.41) is 0. The Hall–Kier alpha value is -1.54. The molecular weight excluding hydrogens is 321 g/mol. The molecule has 10 heteroatoms. The first-order chi connectivity index (χ1) is 11.0. The second kappa shape index (κ2) is 6.52. The fourth-order valence-electron chi connectivity index (χ4n) is 3.07. The zero-order valence-electron chi connectivity index (χ0n) is 12.6. The molecule has 2 aromatic rings. The standard InChI is InChI=1S/C13H20N5O4P/c14-12-11-13(16-6-15-12)18(7-17-11)9-4-2-1-3-5-10(9)22-8-23(19,20)21/h6-7,9-10H,1-5,8H2,(H2,14,15,16)(H2,19,20,21)/t9-,10-/m1/s1. The van der Waals surface area contributed by atoms with E-state index < -0.39 is 13.9 Å². The molecule has 1 fully saturated rings. The third-order valence-electron chi connectivity index (χ3n) is 4.12. The third-order valence-corrected chi connectivity index (χ3v) is 4.60. The molecule has 2 heterocycles. The summed E-state index contributed by atoms with van der Waals surface area (Å²) >= 11 is 0. The van der Waals surface area contributed by atoms with Crippen molar-refractivity contribution in [2.45, 2.75) is 44.2 Å². The fraction of sp³-hybridized carbons (Fsp3) is 0.615. The highest BCUT2D eigenvalue weighted by Gasteiger charge is 2.29. The molecule has 1 aliphatic rings. The number of rotatable bonds is 4. The van der Waals surface area contributed by atoms with Crippen molar-refractivity contribution in [2.24, 2.45) is 0 Å². The third kappa shape index (κ3) is 3.69. The lowest BCUT2D eigenvalue weighted by Crippen LogP contribution is -2.26. The van der Waals surface area contributed by atoms with E-state index in [0.29, 0.717) is 17.0 Å². The van der Waals surface area contributed by atoms with Gasteiger partial charge in [0.1, 0.15) is 18.2 Å². The molecule has 2 aromatic heterocycles. The fourth-order valence-corrected chi connectivity index (χ4v) is 3.46. The minimum Gasteiger partial charge on any atom is -0.382 e. The molecule has 126 valence electrons. The Morgan fingerprint density at radius 2 is 2.04 bits per heavy atom. The van der Waals surface area contributed by atoms with Gasteiger partial charge < -0.3 is 24.8 Å². The van der Waals surface area contributed by atoms with Crippen LogP contribution in [0, 0.1) is 0 Å². The first-order valence-electron chi connectivity index (χ1n) is 7.55. The summed E-state index contributed by atoms with van der Waals surface area (Å²) in [6, 6.07) is -0.0802. The highest BCUT2D eigenvalue weighted by molar-refractivity contribution is 7.51. The molecule has 9 nitrogen and oxygen atoms in total. The number of hydrogen-bond acceptors (Lipinski definition) is 6. The summed E-state index contributed by atoms with van der Waals surface area (Å²) in [6.45, 7) is 0. The van der Waals surface area contributed by atoms with E-state index in [1.54, 1.807) is 6.33 Å². The lowest BCUT2D eigenvalue weighted by Gasteiger charge is -2.27. The molecule has 23 heavy (non-hydrogen) atoms. The Bertz CT molecular complexity index is 730. The lowest BCUT2D eigenvalue weighted by atomic mass is 10.1. The molecule has 0 saturated heterocycles. The number of imidazole rings is 1. The van der Waals surface area contributed by atoms with E-state index in [-0.39, 0.29) is 12.1 Å². The maximum atomic E-state index is 11.1. The van der Waals surface area contributed by atoms with Gasteiger partial charge in [-0.25, -0.2) is 15.0 Å². The van der Waals surface area contributed by atoms with E-state index in [4.69, 9.17) is 20.3 Å². The van der Waals surface area contributed by atoms with Crippen LogP contribution in [0.5, 0.6) is 0 Å². The molecule has 0 radical (unpaired) electrons. The Balaban J connectivity index is 1.92. The Labute approximate surface area is 133 Å². The van der Waals surface area contributed by atoms with E-state index in [0.717, 1.165) is 32.1 Å². The SMILES string of the molecule is Nc1ncnc2c1ncn2[C@@H]1CCCCC[C@H]1OCP(=O)(O)O. The van der Waals surface area contributed by atoms with Gasteiger partial charge in [-0.1, -0.05) is 19.3 Å². The summed E-state index contributed by atoms with van der Waals surface area (Å²) in [5.41, 5.74) is 6.97. The van der Waals surface area contributed by atoms with Crippen molar-refractivity contribution in [1.82, 2.24) is 19.5 Å². The number of hydrogen-bond donors (Lipinski definition) is 3. The molecule has 0 bridgehead atoms. The summed E-state index contributed by atoms with van der Waals surface area (Å²) < 4.78 is 18.6. The van der Waals surface area contributed by atoms with E-state index >= 15 is 0 Å².